The Morgan fingerprint density at radius 3 is 2.37 bits per heavy atom. The zero-order chi connectivity index (χ0) is 14.8. The van der Waals surface area contributed by atoms with Crippen LogP contribution in [-0.4, -0.2) is 25.6 Å². The first kappa shape index (κ1) is 15.5. The maximum atomic E-state index is 13.4. The predicted octanol–water partition coefficient (Wildman–Crippen LogP) is 3.73. The summed E-state index contributed by atoms with van der Waals surface area (Å²) in [6.45, 7) is 2.47. The first-order valence-electron chi connectivity index (χ1n) is 5.71. The van der Waals surface area contributed by atoms with Crippen molar-refractivity contribution in [2.45, 2.75) is 26.4 Å². The molecule has 1 aromatic rings. The molecule has 19 heavy (non-hydrogen) atoms. The fourth-order valence-electron chi connectivity index (χ4n) is 1.68. The minimum Gasteiger partial charge on any atom is -0.374 e. The van der Waals surface area contributed by atoms with E-state index in [0.29, 0.717) is 11.3 Å². The molecular formula is C13H15F4NO. The highest BCUT2D eigenvalue weighted by Gasteiger charge is 2.27. The highest BCUT2D eigenvalue weighted by Crippen LogP contribution is 2.26. The van der Waals surface area contributed by atoms with Crippen LogP contribution in [-0.2, 0) is 0 Å². The third-order valence-electron chi connectivity index (χ3n) is 2.80. The SMILES string of the molecule is CC(=O)c1cc(F)c(C)cc1N(C)CCC(F)(F)F. The minimum atomic E-state index is -4.26. The van der Waals surface area contributed by atoms with Gasteiger partial charge in [-0.15, -0.1) is 0 Å². The van der Waals surface area contributed by atoms with E-state index in [-0.39, 0.29) is 17.9 Å². The van der Waals surface area contributed by atoms with E-state index < -0.39 is 18.4 Å². The van der Waals surface area contributed by atoms with Crippen LogP contribution in [0.15, 0.2) is 12.1 Å². The quantitative estimate of drug-likeness (QED) is 0.617. The van der Waals surface area contributed by atoms with Crippen molar-refractivity contribution in [1.29, 1.82) is 0 Å². The molecule has 6 heteroatoms. The average Bonchev–Trinajstić information content (AvgIpc) is 2.27. The van der Waals surface area contributed by atoms with Gasteiger partial charge >= 0.3 is 6.18 Å². The van der Waals surface area contributed by atoms with E-state index in [1.807, 2.05) is 0 Å². The number of carbonyl (C=O) groups is 1. The maximum Gasteiger partial charge on any atom is 0.390 e. The second-order valence-electron chi connectivity index (χ2n) is 4.46. The molecule has 0 heterocycles. The minimum absolute atomic E-state index is 0.0905. The third kappa shape index (κ3) is 4.22. The summed E-state index contributed by atoms with van der Waals surface area (Å²) in [5.74, 6) is -0.925. The molecule has 0 amide bonds. The molecule has 106 valence electrons. The van der Waals surface area contributed by atoms with Crippen molar-refractivity contribution in [3.8, 4) is 0 Å². The lowest BCUT2D eigenvalue weighted by molar-refractivity contribution is -0.132. The van der Waals surface area contributed by atoms with E-state index in [1.165, 1.54) is 31.9 Å². The van der Waals surface area contributed by atoms with Gasteiger partial charge in [0.05, 0.1) is 6.42 Å². The van der Waals surface area contributed by atoms with Gasteiger partial charge in [-0.25, -0.2) is 4.39 Å². The molecule has 0 fully saturated rings. The van der Waals surface area contributed by atoms with Crippen molar-refractivity contribution < 1.29 is 22.4 Å². The summed E-state index contributed by atoms with van der Waals surface area (Å²) in [7, 11) is 1.45. The number of Topliss-reactive ketones (excluding diaryl/α,β-unsaturated/α-hetero) is 1. The van der Waals surface area contributed by atoms with Crippen molar-refractivity contribution in [2.75, 3.05) is 18.5 Å². The Balaban J connectivity index is 3.04. The maximum absolute atomic E-state index is 13.4. The van der Waals surface area contributed by atoms with Crippen LogP contribution in [0.1, 0.15) is 29.3 Å². The van der Waals surface area contributed by atoms with Gasteiger partial charge in [0.2, 0.25) is 0 Å². The fraction of sp³-hybridized carbons (Fsp3) is 0.462. The van der Waals surface area contributed by atoms with E-state index in [4.69, 9.17) is 0 Å². The molecule has 0 saturated carbocycles. The van der Waals surface area contributed by atoms with E-state index in [0.717, 1.165) is 6.07 Å². The predicted molar refractivity (Wildman–Crippen MR) is 65.1 cm³/mol. The van der Waals surface area contributed by atoms with Crippen molar-refractivity contribution in [3.63, 3.8) is 0 Å². The summed E-state index contributed by atoms with van der Waals surface area (Å²) in [6, 6.07) is 2.46. The third-order valence-corrected chi connectivity index (χ3v) is 2.80. The Labute approximate surface area is 109 Å². The molecule has 1 rings (SSSR count). The number of ketones is 1. The summed E-state index contributed by atoms with van der Waals surface area (Å²) in [4.78, 5) is 12.7. The number of carbonyl (C=O) groups excluding carboxylic acids is 1. The molecule has 0 aliphatic rings. The van der Waals surface area contributed by atoms with Crippen LogP contribution in [0.3, 0.4) is 0 Å². The van der Waals surface area contributed by atoms with Gasteiger partial charge in [-0.05, 0) is 31.5 Å². The van der Waals surface area contributed by atoms with E-state index in [9.17, 15) is 22.4 Å². The molecule has 0 spiro atoms. The van der Waals surface area contributed by atoms with Gasteiger partial charge in [-0.1, -0.05) is 0 Å². The Kier molecular flexibility index (Phi) is 4.55. The van der Waals surface area contributed by atoms with Gasteiger partial charge in [0, 0.05) is 24.8 Å². The Bertz CT molecular complexity index is 482. The lowest BCUT2D eigenvalue weighted by Gasteiger charge is -2.23. The number of alkyl halides is 3. The largest absolute Gasteiger partial charge is 0.390 e. The van der Waals surface area contributed by atoms with Crippen molar-refractivity contribution in [3.05, 3.63) is 29.1 Å². The van der Waals surface area contributed by atoms with E-state index >= 15 is 0 Å². The molecule has 0 aliphatic carbocycles. The molecule has 0 aromatic heterocycles. The summed E-state index contributed by atoms with van der Waals surface area (Å²) >= 11 is 0. The van der Waals surface area contributed by atoms with Crippen LogP contribution in [0, 0.1) is 12.7 Å². The van der Waals surface area contributed by atoms with Crippen molar-refractivity contribution in [1.82, 2.24) is 0 Å². The van der Waals surface area contributed by atoms with Crippen LogP contribution in [0.25, 0.3) is 0 Å². The highest BCUT2D eigenvalue weighted by molar-refractivity contribution is 5.99. The van der Waals surface area contributed by atoms with Crippen LogP contribution in [0.4, 0.5) is 23.2 Å². The zero-order valence-electron chi connectivity index (χ0n) is 10.9. The lowest BCUT2D eigenvalue weighted by Crippen LogP contribution is -2.25. The van der Waals surface area contributed by atoms with Crippen molar-refractivity contribution >= 4 is 11.5 Å². The zero-order valence-corrected chi connectivity index (χ0v) is 10.9. The number of anilines is 1. The summed E-state index contributed by atoms with van der Waals surface area (Å²) in [5.41, 5.74) is 0.697. The average molecular weight is 277 g/mol. The van der Waals surface area contributed by atoms with Gasteiger partial charge < -0.3 is 4.90 Å². The molecular weight excluding hydrogens is 262 g/mol. The molecule has 0 unspecified atom stereocenters. The van der Waals surface area contributed by atoms with Crippen LogP contribution >= 0.6 is 0 Å². The summed E-state index contributed by atoms with van der Waals surface area (Å²) in [6.07, 6.45) is -5.25. The van der Waals surface area contributed by atoms with Gasteiger partial charge in [-0.3, -0.25) is 4.79 Å². The second-order valence-corrected chi connectivity index (χ2v) is 4.46. The number of rotatable bonds is 4. The van der Waals surface area contributed by atoms with Crippen LogP contribution in [0.2, 0.25) is 0 Å². The molecule has 0 radical (unpaired) electrons. The van der Waals surface area contributed by atoms with Gasteiger partial charge in [0.1, 0.15) is 5.82 Å². The lowest BCUT2D eigenvalue weighted by atomic mass is 10.0. The molecule has 0 N–H and O–H groups in total. The molecule has 0 saturated heterocycles. The molecule has 1 aromatic carbocycles. The van der Waals surface area contributed by atoms with E-state index in [1.54, 1.807) is 0 Å². The number of hydrogen-bond donors (Lipinski definition) is 0. The summed E-state index contributed by atoms with van der Waals surface area (Å²) in [5, 5.41) is 0. The Hall–Kier alpha value is -1.59. The monoisotopic (exact) mass is 277 g/mol. The second kappa shape index (κ2) is 5.59. The van der Waals surface area contributed by atoms with Crippen LogP contribution < -0.4 is 4.90 Å². The standard InChI is InChI=1S/C13H15F4NO/c1-8-6-12(10(9(2)19)7-11(8)14)18(3)5-4-13(15,16)17/h6-7H,4-5H2,1-3H3. The summed E-state index contributed by atoms with van der Waals surface area (Å²) < 4.78 is 49.9. The normalized spacial score (nSPS) is 11.5. The molecule has 2 nitrogen and oxygen atoms in total. The number of hydrogen-bond acceptors (Lipinski definition) is 2. The number of nitrogens with zero attached hydrogens (tertiary/aromatic N) is 1. The first-order valence-corrected chi connectivity index (χ1v) is 5.71. The highest BCUT2D eigenvalue weighted by atomic mass is 19.4. The smallest absolute Gasteiger partial charge is 0.374 e. The van der Waals surface area contributed by atoms with Gasteiger partial charge in [0.15, 0.2) is 5.78 Å². The number of benzene rings is 1. The van der Waals surface area contributed by atoms with Gasteiger partial charge in [-0.2, -0.15) is 13.2 Å². The fourth-order valence-corrected chi connectivity index (χ4v) is 1.68. The topological polar surface area (TPSA) is 20.3 Å². The number of halogens is 4. The Morgan fingerprint density at radius 2 is 1.89 bits per heavy atom. The van der Waals surface area contributed by atoms with Gasteiger partial charge in [0.25, 0.3) is 0 Å². The first-order chi connectivity index (χ1) is 8.61. The Morgan fingerprint density at radius 1 is 1.32 bits per heavy atom. The molecule has 0 atom stereocenters. The van der Waals surface area contributed by atoms with E-state index in [2.05, 4.69) is 0 Å². The number of aryl methyl sites for hydroxylation is 1. The molecule has 0 aliphatic heterocycles. The molecule has 0 bridgehead atoms. The van der Waals surface area contributed by atoms with Crippen molar-refractivity contribution in [2.24, 2.45) is 0 Å². The van der Waals surface area contributed by atoms with Crippen LogP contribution in [0.5, 0.6) is 0 Å².